The van der Waals surface area contributed by atoms with Crippen molar-refractivity contribution in [3.05, 3.63) is 24.0 Å². The summed E-state index contributed by atoms with van der Waals surface area (Å²) in [4.78, 5) is 13.3. The Morgan fingerprint density at radius 3 is 2.26 bits per heavy atom. The lowest BCUT2D eigenvalue weighted by Gasteiger charge is -2.19. The molecule has 110 valence electrons. The van der Waals surface area contributed by atoms with Crippen molar-refractivity contribution >= 4 is 5.97 Å². The summed E-state index contributed by atoms with van der Waals surface area (Å²) in [7, 11) is 3.30. The number of hydrogen-bond donors (Lipinski definition) is 1. The highest BCUT2D eigenvalue weighted by molar-refractivity contribution is 5.87. The molecule has 0 aromatic carbocycles. The lowest BCUT2D eigenvalue weighted by atomic mass is 10.4. The predicted octanol–water partition coefficient (Wildman–Crippen LogP) is 0.501. The van der Waals surface area contributed by atoms with Gasteiger partial charge in [0.05, 0.1) is 19.8 Å². The second-order valence-electron chi connectivity index (χ2n) is 3.71. The Hall–Kier alpha value is -1.53. The van der Waals surface area contributed by atoms with E-state index in [2.05, 4.69) is 0 Å². The lowest BCUT2D eigenvalue weighted by Crippen LogP contribution is -2.25. The number of carbonyl (C=O) groups is 1. The fourth-order valence-corrected chi connectivity index (χ4v) is 1.23. The molecular formula is C13H24N2O4. The van der Waals surface area contributed by atoms with E-state index in [9.17, 15) is 4.79 Å². The van der Waals surface area contributed by atoms with E-state index >= 15 is 0 Å². The van der Waals surface area contributed by atoms with Crippen LogP contribution in [0.15, 0.2) is 24.0 Å². The number of rotatable bonds is 10. The van der Waals surface area contributed by atoms with Crippen LogP contribution in [-0.2, 0) is 19.0 Å². The van der Waals surface area contributed by atoms with Crippen molar-refractivity contribution in [1.29, 1.82) is 0 Å². The second kappa shape index (κ2) is 11.6. The Labute approximate surface area is 114 Å². The number of methoxy groups -OCH3 is 2. The molecule has 0 atom stereocenters. The van der Waals surface area contributed by atoms with Gasteiger partial charge in [0.15, 0.2) is 0 Å². The average molecular weight is 272 g/mol. The van der Waals surface area contributed by atoms with Gasteiger partial charge in [-0.25, -0.2) is 4.79 Å². The number of carbonyl (C=O) groups excluding carboxylic acids is 1. The molecule has 0 rings (SSSR count). The summed E-state index contributed by atoms with van der Waals surface area (Å²) in [5.41, 5.74) is 5.64. The van der Waals surface area contributed by atoms with Crippen molar-refractivity contribution in [2.45, 2.75) is 6.92 Å². The molecule has 0 heterocycles. The van der Waals surface area contributed by atoms with E-state index in [4.69, 9.17) is 19.9 Å². The molecule has 6 heteroatoms. The molecule has 0 fully saturated rings. The van der Waals surface area contributed by atoms with E-state index in [1.807, 2.05) is 11.1 Å². The molecule has 19 heavy (non-hydrogen) atoms. The van der Waals surface area contributed by atoms with Crippen LogP contribution >= 0.6 is 0 Å². The fraction of sp³-hybridized carbons (Fsp3) is 0.615. The minimum atomic E-state index is -0.507. The van der Waals surface area contributed by atoms with Gasteiger partial charge in [0.25, 0.3) is 0 Å². The van der Waals surface area contributed by atoms with E-state index in [1.54, 1.807) is 27.2 Å². The zero-order valence-corrected chi connectivity index (χ0v) is 11.9. The SMILES string of the molecule is CCOC(=O)/C(N)=C/C=C/N(CCOC)CCOC. The molecule has 0 unspecified atom stereocenters. The van der Waals surface area contributed by atoms with Gasteiger partial charge >= 0.3 is 5.97 Å². The molecule has 0 saturated heterocycles. The molecular weight excluding hydrogens is 248 g/mol. The third-order valence-corrected chi connectivity index (χ3v) is 2.25. The van der Waals surface area contributed by atoms with Crippen LogP contribution in [0.5, 0.6) is 0 Å². The molecule has 0 aromatic rings. The van der Waals surface area contributed by atoms with Crippen LogP contribution in [0.1, 0.15) is 6.92 Å². The summed E-state index contributed by atoms with van der Waals surface area (Å²) >= 11 is 0. The highest BCUT2D eigenvalue weighted by Gasteiger charge is 2.03. The van der Waals surface area contributed by atoms with Gasteiger partial charge < -0.3 is 24.8 Å². The number of nitrogens with zero attached hydrogens (tertiary/aromatic N) is 1. The first-order chi connectivity index (χ1) is 9.15. The zero-order chi connectivity index (χ0) is 14.5. The van der Waals surface area contributed by atoms with Gasteiger partial charge in [-0.3, -0.25) is 0 Å². The number of nitrogens with two attached hydrogens (primary N) is 1. The van der Waals surface area contributed by atoms with Crippen molar-refractivity contribution in [3.8, 4) is 0 Å². The summed E-state index contributed by atoms with van der Waals surface area (Å²) in [5.74, 6) is -0.507. The van der Waals surface area contributed by atoms with Gasteiger partial charge in [-0.05, 0) is 25.3 Å². The minimum absolute atomic E-state index is 0.0801. The Balaban J connectivity index is 4.34. The highest BCUT2D eigenvalue weighted by atomic mass is 16.5. The Bertz CT molecular complexity index is 295. The van der Waals surface area contributed by atoms with Gasteiger partial charge in [-0.2, -0.15) is 0 Å². The molecule has 0 aliphatic heterocycles. The number of allylic oxidation sites excluding steroid dienone is 2. The summed E-state index contributed by atoms with van der Waals surface area (Å²) in [6.45, 7) is 4.76. The molecule has 2 N–H and O–H groups in total. The largest absolute Gasteiger partial charge is 0.461 e. The van der Waals surface area contributed by atoms with E-state index in [0.717, 1.165) is 13.1 Å². The number of ether oxygens (including phenoxy) is 3. The van der Waals surface area contributed by atoms with Crippen LogP contribution in [0.4, 0.5) is 0 Å². The minimum Gasteiger partial charge on any atom is -0.461 e. The van der Waals surface area contributed by atoms with E-state index in [1.165, 1.54) is 6.08 Å². The molecule has 6 nitrogen and oxygen atoms in total. The maximum atomic E-state index is 11.3. The Morgan fingerprint density at radius 1 is 1.21 bits per heavy atom. The first kappa shape index (κ1) is 17.5. The van der Waals surface area contributed by atoms with Crippen LogP contribution < -0.4 is 5.73 Å². The summed E-state index contributed by atoms with van der Waals surface area (Å²) in [6, 6.07) is 0. The molecule has 0 bridgehead atoms. The molecule has 0 amide bonds. The molecule has 0 aliphatic carbocycles. The predicted molar refractivity (Wildman–Crippen MR) is 73.4 cm³/mol. The Kier molecular flexibility index (Phi) is 10.6. The third-order valence-electron chi connectivity index (χ3n) is 2.25. The maximum Gasteiger partial charge on any atom is 0.354 e. The third kappa shape index (κ3) is 9.10. The first-order valence-corrected chi connectivity index (χ1v) is 6.18. The van der Waals surface area contributed by atoms with Crippen molar-refractivity contribution in [2.24, 2.45) is 5.73 Å². The maximum absolute atomic E-state index is 11.3. The summed E-state index contributed by atoms with van der Waals surface area (Å²) in [5, 5.41) is 0. The van der Waals surface area contributed by atoms with Crippen LogP contribution in [-0.4, -0.2) is 58.0 Å². The van der Waals surface area contributed by atoms with Crippen molar-refractivity contribution in [3.63, 3.8) is 0 Å². The average Bonchev–Trinajstić information content (AvgIpc) is 2.41. The van der Waals surface area contributed by atoms with Gasteiger partial charge in [0, 0.05) is 27.3 Å². The van der Waals surface area contributed by atoms with Gasteiger partial charge in [-0.15, -0.1) is 0 Å². The number of hydrogen-bond acceptors (Lipinski definition) is 6. The Morgan fingerprint density at radius 2 is 1.79 bits per heavy atom. The molecule has 0 spiro atoms. The molecule has 0 radical (unpaired) electrons. The van der Waals surface area contributed by atoms with Crippen molar-refractivity contribution < 1.29 is 19.0 Å². The standard InChI is InChI=1S/C13H24N2O4/c1-4-19-13(16)12(14)6-5-7-15(8-10-17-2)9-11-18-3/h5-7H,4,8-11,14H2,1-3H3/b7-5+,12-6-. The van der Waals surface area contributed by atoms with Crippen LogP contribution in [0.2, 0.25) is 0 Å². The lowest BCUT2D eigenvalue weighted by molar-refractivity contribution is -0.138. The summed E-state index contributed by atoms with van der Waals surface area (Å²) in [6.07, 6.45) is 5.06. The van der Waals surface area contributed by atoms with E-state index in [-0.39, 0.29) is 5.70 Å². The quantitative estimate of drug-likeness (QED) is 0.355. The van der Waals surface area contributed by atoms with Gasteiger partial charge in [-0.1, -0.05) is 0 Å². The molecule has 0 aromatic heterocycles. The van der Waals surface area contributed by atoms with E-state index < -0.39 is 5.97 Å². The zero-order valence-electron chi connectivity index (χ0n) is 11.9. The van der Waals surface area contributed by atoms with E-state index in [0.29, 0.717) is 19.8 Å². The first-order valence-electron chi connectivity index (χ1n) is 6.18. The van der Waals surface area contributed by atoms with Gasteiger partial charge in [0.2, 0.25) is 0 Å². The second-order valence-corrected chi connectivity index (χ2v) is 3.71. The highest BCUT2D eigenvalue weighted by Crippen LogP contribution is 1.95. The normalized spacial score (nSPS) is 11.8. The molecule has 0 aliphatic rings. The van der Waals surface area contributed by atoms with Crippen LogP contribution in [0.3, 0.4) is 0 Å². The topological polar surface area (TPSA) is 74.0 Å². The molecule has 0 saturated carbocycles. The van der Waals surface area contributed by atoms with Crippen LogP contribution in [0.25, 0.3) is 0 Å². The smallest absolute Gasteiger partial charge is 0.354 e. The van der Waals surface area contributed by atoms with Crippen molar-refractivity contribution in [2.75, 3.05) is 47.1 Å². The fourth-order valence-electron chi connectivity index (χ4n) is 1.23. The number of esters is 1. The van der Waals surface area contributed by atoms with Crippen LogP contribution in [0, 0.1) is 0 Å². The van der Waals surface area contributed by atoms with Gasteiger partial charge in [0.1, 0.15) is 5.70 Å². The monoisotopic (exact) mass is 272 g/mol. The summed E-state index contributed by atoms with van der Waals surface area (Å²) < 4.78 is 14.8. The van der Waals surface area contributed by atoms with Crippen molar-refractivity contribution in [1.82, 2.24) is 4.90 Å².